The Bertz CT molecular complexity index is 754. The number of carbonyl (C=O) groups is 1. The van der Waals surface area contributed by atoms with Gasteiger partial charge in [0.25, 0.3) is 0 Å². The predicted octanol–water partition coefficient (Wildman–Crippen LogP) is 4.16. The summed E-state index contributed by atoms with van der Waals surface area (Å²) in [5.41, 5.74) is 0.193. The van der Waals surface area contributed by atoms with Crippen LogP contribution in [0.2, 0.25) is 5.15 Å². The molecular weight excluding hydrogens is 443 g/mol. The van der Waals surface area contributed by atoms with Gasteiger partial charge in [-0.3, -0.25) is 0 Å². The molecule has 1 N–H and O–H groups in total. The third-order valence-corrected chi connectivity index (χ3v) is 4.25. The van der Waals surface area contributed by atoms with E-state index in [9.17, 15) is 4.79 Å². The smallest absolute Gasteiger partial charge is 0.407 e. The van der Waals surface area contributed by atoms with Crippen molar-refractivity contribution in [3.63, 3.8) is 0 Å². The second-order valence-electron chi connectivity index (χ2n) is 6.36. The van der Waals surface area contributed by atoms with Gasteiger partial charge in [-0.1, -0.05) is 17.7 Å². The first-order chi connectivity index (χ1) is 11.2. The number of nitrogens with one attached hydrogen (secondary N) is 1. The van der Waals surface area contributed by atoms with Crippen molar-refractivity contribution in [1.29, 1.82) is 0 Å². The third-order valence-electron chi connectivity index (χ3n) is 3.15. The van der Waals surface area contributed by atoms with Gasteiger partial charge in [-0.05, 0) is 49.8 Å². The zero-order valence-corrected chi connectivity index (χ0v) is 16.8. The number of rotatable bonds is 5. The highest BCUT2D eigenvalue weighted by Crippen LogP contribution is 2.27. The first-order valence-corrected chi connectivity index (χ1v) is 8.92. The Morgan fingerprint density at radius 2 is 2.25 bits per heavy atom. The van der Waals surface area contributed by atoms with Crippen LogP contribution in [-0.2, 0) is 11.3 Å². The van der Waals surface area contributed by atoms with E-state index >= 15 is 0 Å². The molecule has 0 aliphatic carbocycles. The molecule has 6 nitrogen and oxygen atoms in total. The van der Waals surface area contributed by atoms with E-state index < -0.39 is 11.7 Å². The lowest BCUT2D eigenvalue weighted by Crippen LogP contribution is -2.41. The first kappa shape index (κ1) is 19.0. The fourth-order valence-electron chi connectivity index (χ4n) is 2.27. The van der Waals surface area contributed by atoms with Gasteiger partial charge in [0, 0.05) is 16.3 Å². The maximum absolute atomic E-state index is 12.0. The molecule has 2 aromatic rings. The molecule has 0 fully saturated rings. The zero-order valence-electron chi connectivity index (χ0n) is 13.8. The number of hydrogen-bond acceptors (Lipinski definition) is 4. The third kappa shape index (κ3) is 4.83. The minimum absolute atomic E-state index is 0.169. The summed E-state index contributed by atoms with van der Waals surface area (Å²) >= 11 is 8.35. The molecule has 2 aromatic heterocycles. The summed E-state index contributed by atoms with van der Waals surface area (Å²) in [6.07, 6.45) is 5.29. The quantitative estimate of drug-likeness (QED) is 0.412. The number of hydrogen-bond donors (Lipinski definition) is 1. The Kier molecular flexibility index (Phi) is 6.08. The van der Waals surface area contributed by atoms with Crippen LogP contribution in [0.15, 0.2) is 25.2 Å². The van der Waals surface area contributed by atoms with Crippen molar-refractivity contribution >= 4 is 51.3 Å². The highest BCUT2D eigenvalue weighted by Gasteiger charge is 2.20. The monoisotopic (exact) mass is 462 g/mol. The van der Waals surface area contributed by atoms with Gasteiger partial charge in [0.05, 0.1) is 11.4 Å². The lowest BCUT2D eigenvalue weighted by atomic mass is 10.2. The molecule has 1 atom stereocenters. The van der Waals surface area contributed by atoms with Crippen molar-refractivity contribution < 1.29 is 9.53 Å². The van der Waals surface area contributed by atoms with Gasteiger partial charge < -0.3 is 14.6 Å². The van der Waals surface area contributed by atoms with E-state index in [2.05, 4.69) is 44.5 Å². The van der Waals surface area contributed by atoms with Gasteiger partial charge >= 0.3 is 6.09 Å². The molecular formula is C16H20ClIN4O2. The molecule has 2 heterocycles. The van der Waals surface area contributed by atoms with Crippen LogP contribution in [0.25, 0.3) is 11.0 Å². The number of halogens is 2. The summed E-state index contributed by atoms with van der Waals surface area (Å²) in [7, 11) is 0. The highest BCUT2D eigenvalue weighted by atomic mass is 127. The van der Waals surface area contributed by atoms with Crippen molar-refractivity contribution in [2.24, 2.45) is 0 Å². The molecule has 1 unspecified atom stereocenters. The summed E-state index contributed by atoms with van der Waals surface area (Å²) in [5.74, 6) is 0. The molecule has 0 bridgehead atoms. The topological polar surface area (TPSA) is 69.0 Å². The molecule has 2 rings (SSSR count). The molecule has 8 heteroatoms. The minimum Gasteiger partial charge on any atom is -0.444 e. The normalized spacial score (nSPS) is 12.9. The first-order valence-electron chi connectivity index (χ1n) is 7.46. The summed E-state index contributed by atoms with van der Waals surface area (Å²) in [6.45, 7) is 9.77. The Morgan fingerprint density at radius 1 is 1.54 bits per heavy atom. The number of fused-ring (bicyclic) bond motifs is 1. The number of aromatic nitrogens is 3. The lowest BCUT2D eigenvalue weighted by molar-refractivity contribution is 0.0500. The van der Waals surface area contributed by atoms with Gasteiger partial charge in [0.2, 0.25) is 0 Å². The summed E-state index contributed by atoms with van der Waals surface area (Å²) in [6, 6.07) is -0.169. The number of alkyl carbamates (subject to hydrolysis) is 1. The molecule has 0 aliphatic heterocycles. The molecule has 0 saturated heterocycles. The van der Waals surface area contributed by atoms with E-state index in [0.717, 1.165) is 14.6 Å². The van der Waals surface area contributed by atoms with Crippen LogP contribution in [0.1, 0.15) is 27.2 Å². The average Bonchev–Trinajstić information content (AvgIpc) is 2.74. The van der Waals surface area contributed by atoms with E-state index in [0.29, 0.717) is 18.1 Å². The SMILES string of the molecule is C=CCC(Cn1cc(I)c2c(Cl)ncnc21)NC(=O)OC(C)(C)C. The Balaban J connectivity index is 2.21. The number of ether oxygens (including phenoxy) is 1. The number of nitrogens with zero attached hydrogens (tertiary/aromatic N) is 3. The molecule has 130 valence electrons. The molecule has 24 heavy (non-hydrogen) atoms. The van der Waals surface area contributed by atoms with Gasteiger partial charge in [-0.15, -0.1) is 6.58 Å². The van der Waals surface area contributed by atoms with Crippen molar-refractivity contribution in [3.8, 4) is 0 Å². The summed E-state index contributed by atoms with van der Waals surface area (Å²) < 4.78 is 8.24. The zero-order chi connectivity index (χ0) is 17.9. The standard InChI is InChI=1S/C16H20ClIN4O2/c1-5-6-10(21-15(23)24-16(2,3)4)7-22-8-11(18)12-13(17)19-9-20-14(12)22/h5,8-10H,1,6-7H2,2-4H3,(H,21,23). The van der Waals surface area contributed by atoms with Crippen molar-refractivity contribution in [2.45, 2.75) is 45.4 Å². The number of carbonyl (C=O) groups excluding carboxylic acids is 1. The maximum Gasteiger partial charge on any atom is 0.407 e. The molecule has 0 saturated carbocycles. The molecule has 0 spiro atoms. The van der Waals surface area contributed by atoms with Crippen LogP contribution >= 0.6 is 34.2 Å². The molecule has 0 aliphatic rings. The fraction of sp³-hybridized carbons (Fsp3) is 0.438. The van der Waals surface area contributed by atoms with Crippen molar-refractivity contribution in [1.82, 2.24) is 19.9 Å². The van der Waals surface area contributed by atoms with E-state index in [1.165, 1.54) is 6.33 Å². The maximum atomic E-state index is 12.0. The fourth-order valence-corrected chi connectivity index (χ4v) is 3.49. The molecule has 1 amide bonds. The summed E-state index contributed by atoms with van der Waals surface area (Å²) in [4.78, 5) is 20.4. The van der Waals surface area contributed by atoms with Crippen LogP contribution in [0.3, 0.4) is 0 Å². The van der Waals surface area contributed by atoms with Gasteiger partial charge in [0.1, 0.15) is 22.7 Å². The van der Waals surface area contributed by atoms with Crippen LogP contribution in [0.5, 0.6) is 0 Å². The van der Waals surface area contributed by atoms with Crippen molar-refractivity contribution in [3.05, 3.63) is 33.9 Å². The molecule has 0 radical (unpaired) electrons. The van der Waals surface area contributed by atoms with E-state index in [1.54, 1.807) is 6.08 Å². The van der Waals surface area contributed by atoms with Gasteiger partial charge in [0.15, 0.2) is 0 Å². The minimum atomic E-state index is -0.543. The van der Waals surface area contributed by atoms with Crippen LogP contribution < -0.4 is 5.32 Å². The predicted molar refractivity (Wildman–Crippen MR) is 103 cm³/mol. The van der Waals surface area contributed by atoms with E-state index in [-0.39, 0.29) is 6.04 Å². The Labute approximate surface area is 159 Å². The van der Waals surface area contributed by atoms with Crippen LogP contribution in [0, 0.1) is 3.57 Å². The van der Waals surface area contributed by atoms with Gasteiger partial charge in [-0.25, -0.2) is 14.8 Å². The lowest BCUT2D eigenvalue weighted by Gasteiger charge is -2.23. The van der Waals surface area contributed by atoms with Crippen LogP contribution in [0.4, 0.5) is 4.79 Å². The van der Waals surface area contributed by atoms with Crippen molar-refractivity contribution in [2.75, 3.05) is 0 Å². The van der Waals surface area contributed by atoms with E-state index in [1.807, 2.05) is 31.5 Å². The molecule has 0 aromatic carbocycles. The Morgan fingerprint density at radius 3 is 2.88 bits per heavy atom. The second kappa shape index (κ2) is 7.69. The van der Waals surface area contributed by atoms with Gasteiger partial charge in [-0.2, -0.15) is 0 Å². The van der Waals surface area contributed by atoms with Crippen LogP contribution in [-0.4, -0.2) is 32.3 Å². The largest absolute Gasteiger partial charge is 0.444 e. The average molecular weight is 463 g/mol. The van der Waals surface area contributed by atoms with E-state index in [4.69, 9.17) is 16.3 Å². The summed E-state index contributed by atoms with van der Waals surface area (Å²) in [5, 5.41) is 4.11. The highest BCUT2D eigenvalue weighted by molar-refractivity contribution is 14.1. The second-order valence-corrected chi connectivity index (χ2v) is 7.88. The Hall–Kier alpha value is -1.35. The number of amides is 1.